The fourth-order valence-electron chi connectivity index (χ4n) is 4.93. The molecule has 2 fully saturated rings. The molecule has 2 saturated heterocycles. The summed E-state index contributed by atoms with van der Waals surface area (Å²) < 4.78 is 0. The van der Waals surface area contributed by atoms with Gasteiger partial charge in [0.2, 0.25) is 0 Å². The van der Waals surface area contributed by atoms with Gasteiger partial charge >= 0.3 is 0 Å². The fourth-order valence-corrected chi connectivity index (χ4v) is 4.93. The third-order valence-electron chi connectivity index (χ3n) is 6.61. The molecule has 0 saturated carbocycles. The molecule has 0 bridgehead atoms. The van der Waals surface area contributed by atoms with Gasteiger partial charge in [-0.05, 0) is 63.4 Å². The molecule has 2 aromatic rings. The normalized spacial score (nSPS) is 22.3. The first kappa shape index (κ1) is 19.9. The smallest absolute Gasteiger partial charge is 0.0911 e. The number of hydrazine groups is 1. The SMILES string of the molecule is CN1CCC(N(CC(O)CO)N2CCC(c3c[nH]c4ccccc34)CC2)CC1. The maximum atomic E-state index is 10.1. The third kappa shape index (κ3) is 4.26. The van der Waals surface area contributed by atoms with Crippen molar-refractivity contribution in [3.63, 3.8) is 0 Å². The molecule has 0 spiro atoms. The Hall–Kier alpha value is -1.44. The molecule has 2 aliphatic rings. The van der Waals surface area contributed by atoms with E-state index < -0.39 is 6.10 Å². The van der Waals surface area contributed by atoms with Gasteiger partial charge in [0.15, 0.2) is 0 Å². The predicted molar refractivity (Wildman–Crippen MR) is 112 cm³/mol. The lowest BCUT2D eigenvalue weighted by Gasteiger charge is -2.46. The number of aliphatic hydroxyl groups is 2. The second-order valence-electron chi connectivity index (χ2n) is 8.51. The maximum absolute atomic E-state index is 10.1. The first-order valence-electron chi connectivity index (χ1n) is 10.7. The van der Waals surface area contributed by atoms with E-state index in [-0.39, 0.29) is 6.61 Å². The number of rotatable bonds is 6. The van der Waals surface area contributed by atoms with Crippen molar-refractivity contribution in [1.82, 2.24) is 19.9 Å². The number of H-pyrrole nitrogens is 1. The number of hydrogen-bond donors (Lipinski definition) is 3. The highest BCUT2D eigenvalue weighted by Crippen LogP contribution is 2.34. The lowest BCUT2D eigenvalue weighted by Crippen LogP contribution is -2.56. The molecule has 3 heterocycles. The Morgan fingerprint density at radius 3 is 2.54 bits per heavy atom. The van der Waals surface area contributed by atoms with Crippen LogP contribution in [0.3, 0.4) is 0 Å². The minimum Gasteiger partial charge on any atom is -0.394 e. The summed E-state index contributed by atoms with van der Waals surface area (Å²) in [4.78, 5) is 5.79. The molecule has 0 radical (unpaired) electrons. The maximum Gasteiger partial charge on any atom is 0.0911 e. The zero-order valence-corrected chi connectivity index (χ0v) is 16.9. The zero-order chi connectivity index (χ0) is 19.5. The molecule has 0 amide bonds. The molecule has 154 valence electrons. The number of piperidine rings is 2. The van der Waals surface area contributed by atoms with Crippen molar-refractivity contribution in [3.8, 4) is 0 Å². The van der Waals surface area contributed by atoms with Crippen molar-refractivity contribution < 1.29 is 10.2 Å². The molecule has 2 aliphatic heterocycles. The topological polar surface area (TPSA) is 66.0 Å². The second kappa shape index (κ2) is 8.93. The summed E-state index contributed by atoms with van der Waals surface area (Å²) in [6, 6.07) is 9.02. The molecule has 6 nitrogen and oxygen atoms in total. The number of likely N-dealkylation sites (tertiary alicyclic amines) is 1. The van der Waals surface area contributed by atoms with Crippen molar-refractivity contribution in [2.24, 2.45) is 0 Å². The summed E-state index contributed by atoms with van der Waals surface area (Å²) in [6.07, 6.45) is 6.01. The molecule has 6 heteroatoms. The first-order chi connectivity index (χ1) is 13.7. The average Bonchev–Trinajstić information content (AvgIpc) is 3.17. The van der Waals surface area contributed by atoms with Crippen LogP contribution in [0.1, 0.15) is 37.2 Å². The van der Waals surface area contributed by atoms with Gasteiger partial charge in [0.1, 0.15) is 0 Å². The highest BCUT2D eigenvalue weighted by molar-refractivity contribution is 5.83. The van der Waals surface area contributed by atoms with E-state index in [9.17, 15) is 10.2 Å². The Morgan fingerprint density at radius 1 is 1.11 bits per heavy atom. The highest BCUT2D eigenvalue weighted by Gasteiger charge is 2.32. The molecule has 28 heavy (non-hydrogen) atoms. The number of benzene rings is 1. The van der Waals surface area contributed by atoms with Crippen molar-refractivity contribution in [2.75, 3.05) is 46.4 Å². The van der Waals surface area contributed by atoms with Gasteiger partial charge in [0.05, 0.1) is 12.7 Å². The van der Waals surface area contributed by atoms with Crippen molar-refractivity contribution in [3.05, 3.63) is 36.0 Å². The lowest BCUT2D eigenvalue weighted by atomic mass is 9.89. The quantitative estimate of drug-likeness (QED) is 0.709. The lowest BCUT2D eigenvalue weighted by molar-refractivity contribution is -0.112. The number of fused-ring (bicyclic) bond motifs is 1. The predicted octanol–water partition coefficient (Wildman–Crippen LogP) is 2.01. The Balaban J connectivity index is 1.43. The van der Waals surface area contributed by atoms with Crippen LogP contribution in [0.25, 0.3) is 10.9 Å². The van der Waals surface area contributed by atoms with Gasteiger partial charge in [-0.25, -0.2) is 10.0 Å². The largest absolute Gasteiger partial charge is 0.394 e. The number of aromatic amines is 1. The summed E-state index contributed by atoms with van der Waals surface area (Å²) in [5.74, 6) is 0.578. The minimum absolute atomic E-state index is 0.172. The van der Waals surface area contributed by atoms with Crippen LogP contribution in [0.15, 0.2) is 30.5 Å². The van der Waals surface area contributed by atoms with Crippen LogP contribution in [0.4, 0.5) is 0 Å². The van der Waals surface area contributed by atoms with E-state index in [1.807, 2.05) is 0 Å². The van der Waals surface area contributed by atoms with E-state index in [4.69, 9.17) is 0 Å². The number of aromatic nitrogens is 1. The van der Waals surface area contributed by atoms with Crippen molar-refractivity contribution in [2.45, 2.75) is 43.7 Å². The van der Waals surface area contributed by atoms with Crippen LogP contribution >= 0.6 is 0 Å². The van der Waals surface area contributed by atoms with E-state index >= 15 is 0 Å². The molecule has 0 aliphatic carbocycles. The van der Waals surface area contributed by atoms with E-state index in [1.54, 1.807) is 0 Å². The Morgan fingerprint density at radius 2 is 1.82 bits per heavy atom. The van der Waals surface area contributed by atoms with Crippen LogP contribution in [-0.4, -0.2) is 88.6 Å². The Labute approximate surface area is 167 Å². The Kier molecular flexibility index (Phi) is 6.33. The molecular formula is C22H34N4O2. The van der Waals surface area contributed by atoms with Gasteiger partial charge in [-0.2, -0.15) is 0 Å². The van der Waals surface area contributed by atoms with Crippen LogP contribution in [-0.2, 0) is 0 Å². The van der Waals surface area contributed by atoms with Crippen LogP contribution < -0.4 is 0 Å². The van der Waals surface area contributed by atoms with Crippen LogP contribution in [0.5, 0.6) is 0 Å². The summed E-state index contributed by atoms with van der Waals surface area (Å²) in [7, 11) is 2.18. The third-order valence-corrected chi connectivity index (χ3v) is 6.61. The van der Waals surface area contributed by atoms with E-state index in [0.717, 1.165) is 51.9 Å². The van der Waals surface area contributed by atoms with Crippen molar-refractivity contribution in [1.29, 1.82) is 0 Å². The van der Waals surface area contributed by atoms with Gasteiger partial charge in [0.25, 0.3) is 0 Å². The summed E-state index contributed by atoms with van der Waals surface area (Å²) >= 11 is 0. The van der Waals surface area contributed by atoms with Gasteiger partial charge < -0.3 is 20.1 Å². The summed E-state index contributed by atoms with van der Waals surface area (Å²) in [5.41, 5.74) is 2.66. The number of para-hydroxylation sites is 1. The number of hydrogen-bond acceptors (Lipinski definition) is 5. The van der Waals surface area contributed by atoms with Crippen LogP contribution in [0.2, 0.25) is 0 Å². The number of nitrogens with one attached hydrogen (secondary N) is 1. The zero-order valence-electron chi connectivity index (χ0n) is 16.9. The monoisotopic (exact) mass is 386 g/mol. The van der Waals surface area contributed by atoms with Crippen molar-refractivity contribution >= 4 is 10.9 Å². The molecule has 1 aromatic heterocycles. The second-order valence-corrected chi connectivity index (χ2v) is 8.51. The molecule has 1 atom stereocenters. The summed E-state index contributed by atoms with van der Waals surface area (Å²) in [5, 5.41) is 25.7. The molecular weight excluding hydrogens is 352 g/mol. The Bertz CT molecular complexity index is 748. The van der Waals surface area contributed by atoms with Gasteiger partial charge in [-0.15, -0.1) is 0 Å². The number of nitrogens with zero attached hydrogens (tertiary/aromatic N) is 3. The molecule has 1 unspecified atom stereocenters. The molecule has 4 rings (SSSR count). The van der Waals surface area contributed by atoms with Gasteiger partial charge in [-0.1, -0.05) is 18.2 Å². The van der Waals surface area contributed by atoms with E-state index in [1.165, 1.54) is 16.5 Å². The summed E-state index contributed by atoms with van der Waals surface area (Å²) in [6.45, 7) is 4.57. The van der Waals surface area contributed by atoms with E-state index in [2.05, 4.69) is 57.4 Å². The molecule has 1 aromatic carbocycles. The van der Waals surface area contributed by atoms with Crippen LogP contribution in [0, 0.1) is 0 Å². The number of aliphatic hydroxyl groups excluding tert-OH is 2. The fraction of sp³-hybridized carbons (Fsp3) is 0.636. The first-order valence-corrected chi connectivity index (χ1v) is 10.7. The highest BCUT2D eigenvalue weighted by atomic mass is 16.3. The van der Waals surface area contributed by atoms with Gasteiger partial charge in [0, 0.05) is 42.8 Å². The van der Waals surface area contributed by atoms with E-state index in [0.29, 0.717) is 18.5 Å². The standard InChI is InChI=1S/C22H34N4O2/c1-24-10-8-18(9-11-24)26(15-19(28)16-27)25-12-6-17(7-13-25)21-14-23-22-5-3-2-4-20(21)22/h2-5,14,17-19,23,27-28H,6-13,15-16H2,1H3. The minimum atomic E-state index is -0.675. The average molecular weight is 387 g/mol. The molecule has 3 N–H and O–H groups in total. The van der Waals surface area contributed by atoms with Gasteiger partial charge in [-0.3, -0.25) is 0 Å².